The summed E-state index contributed by atoms with van der Waals surface area (Å²) >= 11 is 0. The minimum absolute atomic E-state index is 0.122. The fourth-order valence-electron chi connectivity index (χ4n) is 3.49. The third kappa shape index (κ3) is 3.69. The van der Waals surface area contributed by atoms with E-state index in [1.54, 1.807) is 12.0 Å². The molecule has 2 heterocycles. The number of pyridine rings is 1. The molecule has 6 nitrogen and oxygen atoms in total. The van der Waals surface area contributed by atoms with Gasteiger partial charge in [-0.1, -0.05) is 0 Å². The maximum atomic E-state index is 13.1. The van der Waals surface area contributed by atoms with E-state index in [1.807, 2.05) is 29.2 Å². The maximum Gasteiger partial charge on any atom is 0.253 e. The van der Waals surface area contributed by atoms with Gasteiger partial charge in [-0.15, -0.1) is 0 Å². The quantitative estimate of drug-likeness (QED) is 0.687. The smallest absolute Gasteiger partial charge is 0.253 e. The Hall–Kier alpha value is -3.66. The van der Waals surface area contributed by atoms with Gasteiger partial charge in [-0.25, -0.2) is 9.37 Å². The summed E-state index contributed by atoms with van der Waals surface area (Å²) in [7, 11) is 1.60. The van der Waals surface area contributed by atoms with E-state index in [0.29, 0.717) is 48.9 Å². The zero-order chi connectivity index (χ0) is 20.4. The predicted molar refractivity (Wildman–Crippen MR) is 108 cm³/mol. The van der Waals surface area contributed by atoms with Gasteiger partial charge < -0.3 is 14.5 Å². The Bertz CT molecular complexity index is 1100. The maximum absolute atomic E-state index is 13.1. The van der Waals surface area contributed by atoms with Crippen LogP contribution in [0.5, 0.6) is 5.75 Å². The number of nitriles is 1. The molecule has 2 aromatic carbocycles. The number of carbonyl (C=O) groups excluding carboxylic acids is 1. The van der Waals surface area contributed by atoms with Gasteiger partial charge in [-0.05, 0) is 48.5 Å². The van der Waals surface area contributed by atoms with Crippen LogP contribution in [-0.2, 0) is 0 Å². The van der Waals surface area contributed by atoms with Crippen molar-refractivity contribution >= 4 is 22.6 Å². The molecular weight excluding hydrogens is 371 g/mol. The van der Waals surface area contributed by atoms with Crippen molar-refractivity contribution in [3.63, 3.8) is 0 Å². The second kappa shape index (κ2) is 7.76. The number of halogens is 1. The van der Waals surface area contributed by atoms with Gasteiger partial charge in [0.25, 0.3) is 5.91 Å². The van der Waals surface area contributed by atoms with Crippen LogP contribution in [0.3, 0.4) is 0 Å². The highest BCUT2D eigenvalue weighted by Gasteiger charge is 2.24. The molecule has 1 fully saturated rings. The topological polar surface area (TPSA) is 69.5 Å². The van der Waals surface area contributed by atoms with E-state index < -0.39 is 0 Å². The summed E-state index contributed by atoms with van der Waals surface area (Å²) in [6, 6.07) is 15.2. The molecule has 1 aliphatic heterocycles. The van der Waals surface area contributed by atoms with Crippen molar-refractivity contribution in [2.24, 2.45) is 0 Å². The van der Waals surface area contributed by atoms with Crippen molar-refractivity contribution in [1.82, 2.24) is 9.88 Å². The molecule has 0 aliphatic carbocycles. The number of aromatic nitrogens is 1. The Morgan fingerprint density at radius 3 is 2.48 bits per heavy atom. The molecule has 3 aromatic rings. The second-order valence-electron chi connectivity index (χ2n) is 6.82. The molecule has 4 rings (SSSR count). The number of anilines is 1. The lowest BCUT2D eigenvalue weighted by Gasteiger charge is -2.35. The zero-order valence-corrected chi connectivity index (χ0v) is 15.9. The Labute approximate surface area is 167 Å². The molecule has 1 saturated heterocycles. The van der Waals surface area contributed by atoms with E-state index in [2.05, 4.69) is 11.1 Å². The lowest BCUT2D eigenvalue weighted by molar-refractivity contribution is 0.0746. The molecular formula is C22H19FN4O2. The van der Waals surface area contributed by atoms with Crippen LogP contribution < -0.4 is 9.64 Å². The number of carbonyl (C=O) groups is 1. The molecule has 0 radical (unpaired) electrons. The number of ether oxygens (including phenoxy) is 1. The van der Waals surface area contributed by atoms with Crippen LogP contribution in [0.25, 0.3) is 10.9 Å². The average Bonchev–Trinajstić information content (AvgIpc) is 2.78. The molecule has 0 N–H and O–H groups in total. The van der Waals surface area contributed by atoms with Gasteiger partial charge in [-0.2, -0.15) is 5.26 Å². The highest BCUT2D eigenvalue weighted by Crippen LogP contribution is 2.27. The third-order valence-electron chi connectivity index (χ3n) is 5.08. The fourth-order valence-corrected chi connectivity index (χ4v) is 3.49. The number of hydrogen-bond donors (Lipinski definition) is 0. The van der Waals surface area contributed by atoms with Crippen LogP contribution in [0.2, 0.25) is 0 Å². The first-order valence-corrected chi connectivity index (χ1v) is 9.28. The van der Waals surface area contributed by atoms with E-state index in [9.17, 15) is 14.4 Å². The zero-order valence-electron chi connectivity index (χ0n) is 15.9. The Morgan fingerprint density at radius 2 is 1.83 bits per heavy atom. The van der Waals surface area contributed by atoms with Crippen LogP contribution in [0.15, 0.2) is 48.5 Å². The van der Waals surface area contributed by atoms with Gasteiger partial charge in [0.15, 0.2) is 0 Å². The molecule has 0 bridgehead atoms. The molecule has 0 atom stereocenters. The summed E-state index contributed by atoms with van der Waals surface area (Å²) in [4.78, 5) is 21.1. The minimum Gasteiger partial charge on any atom is -0.497 e. The molecule has 1 amide bonds. The van der Waals surface area contributed by atoms with Crippen molar-refractivity contribution in [2.45, 2.75) is 0 Å². The van der Waals surface area contributed by atoms with Crippen LogP contribution in [-0.4, -0.2) is 49.1 Å². The van der Waals surface area contributed by atoms with E-state index in [-0.39, 0.29) is 11.7 Å². The minimum atomic E-state index is -0.365. The number of hydrogen-bond acceptors (Lipinski definition) is 5. The van der Waals surface area contributed by atoms with Gasteiger partial charge in [0.1, 0.15) is 23.5 Å². The van der Waals surface area contributed by atoms with Crippen molar-refractivity contribution in [1.29, 1.82) is 5.26 Å². The van der Waals surface area contributed by atoms with E-state index in [4.69, 9.17) is 4.74 Å². The van der Waals surface area contributed by atoms with Gasteiger partial charge >= 0.3 is 0 Å². The molecule has 7 heteroatoms. The standard InChI is InChI=1S/C22H19FN4O2/c1-29-19-6-7-20-16(13-19)12-17(14-24)21(25-20)26-8-10-27(11-9-26)22(28)15-2-4-18(23)5-3-15/h2-7,12-13H,8-11H2,1H3. The molecule has 146 valence electrons. The Kier molecular flexibility index (Phi) is 5.00. The summed E-state index contributed by atoms with van der Waals surface area (Å²) in [5.41, 5.74) is 1.74. The summed E-state index contributed by atoms with van der Waals surface area (Å²) in [6.45, 7) is 2.14. The summed E-state index contributed by atoms with van der Waals surface area (Å²) in [6.07, 6.45) is 0. The number of amides is 1. The van der Waals surface area contributed by atoms with Crippen LogP contribution in [0.1, 0.15) is 15.9 Å². The molecule has 0 saturated carbocycles. The lowest BCUT2D eigenvalue weighted by atomic mass is 10.1. The van der Waals surface area contributed by atoms with Gasteiger partial charge in [-0.3, -0.25) is 4.79 Å². The number of fused-ring (bicyclic) bond motifs is 1. The monoisotopic (exact) mass is 390 g/mol. The van der Waals surface area contributed by atoms with E-state index >= 15 is 0 Å². The number of methoxy groups -OCH3 is 1. The van der Waals surface area contributed by atoms with Crippen molar-refractivity contribution in [3.05, 3.63) is 65.5 Å². The van der Waals surface area contributed by atoms with Gasteiger partial charge in [0.05, 0.1) is 18.2 Å². The van der Waals surface area contributed by atoms with Crippen molar-refractivity contribution < 1.29 is 13.9 Å². The molecule has 0 unspecified atom stereocenters. The first kappa shape index (κ1) is 18.7. The highest BCUT2D eigenvalue weighted by molar-refractivity contribution is 5.94. The second-order valence-corrected chi connectivity index (χ2v) is 6.82. The summed E-state index contributed by atoms with van der Waals surface area (Å²) in [5, 5.41) is 10.4. The van der Waals surface area contributed by atoms with E-state index in [0.717, 1.165) is 10.9 Å². The third-order valence-corrected chi connectivity index (χ3v) is 5.08. The van der Waals surface area contributed by atoms with Crippen LogP contribution >= 0.6 is 0 Å². The first-order chi connectivity index (χ1) is 14.1. The Balaban J connectivity index is 1.53. The van der Waals surface area contributed by atoms with Gasteiger partial charge in [0.2, 0.25) is 0 Å². The van der Waals surface area contributed by atoms with Crippen LogP contribution in [0, 0.1) is 17.1 Å². The lowest BCUT2D eigenvalue weighted by Crippen LogP contribution is -2.49. The summed E-state index contributed by atoms with van der Waals surface area (Å²) < 4.78 is 18.3. The number of benzene rings is 2. The molecule has 1 aliphatic rings. The SMILES string of the molecule is COc1ccc2nc(N3CCN(C(=O)c4ccc(F)cc4)CC3)c(C#N)cc2c1. The highest BCUT2D eigenvalue weighted by atomic mass is 19.1. The van der Waals surface area contributed by atoms with Crippen molar-refractivity contribution in [2.75, 3.05) is 38.2 Å². The summed E-state index contributed by atoms with van der Waals surface area (Å²) in [5.74, 6) is 0.849. The largest absolute Gasteiger partial charge is 0.497 e. The normalized spacial score (nSPS) is 14.0. The number of rotatable bonds is 3. The molecule has 29 heavy (non-hydrogen) atoms. The average molecular weight is 390 g/mol. The first-order valence-electron chi connectivity index (χ1n) is 9.28. The predicted octanol–water partition coefficient (Wildman–Crippen LogP) is 3.22. The van der Waals surface area contributed by atoms with Crippen molar-refractivity contribution in [3.8, 4) is 11.8 Å². The number of piperazine rings is 1. The van der Waals surface area contributed by atoms with E-state index in [1.165, 1.54) is 24.3 Å². The number of nitrogens with zero attached hydrogens (tertiary/aromatic N) is 4. The Morgan fingerprint density at radius 1 is 1.10 bits per heavy atom. The fraction of sp³-hybridized carbons (Fsp3) is 0.227. The van der Waals surface area contributed by atoms with Crippen LogP contribution in [0.4, 0.5) is 10.2 Å². The molecule has 1 aromatic heterocycles. The van der Waals surface area contributed by atoms with Gasteiger partial charge in [0, 0.05) is 37.1 Å². The molecule has 0 spiro atoms.